The van der Waals surface area contributed by atoms with Crippen LogP contribution in [0.1, 0.15) is 48.6 Å². The molecule has 7 rings (SSSR count). The number of hydrogen-bond acceptors (Lipinski definition) is 8. The number of fused-ring (bicyclic) bond motifs is 2. The number of nitrogens with zero attached hydrogens (tertiary/aromatic N) is 2. The van der Waals surface area contributed by atoms with E-state index in [1.807, 2.05) is 91.0 Å². The van der Waals surface area contributed by atoms with Crippen molar-refractivity contribution in [3.63, 3.8) is 0 Å². The number of aliphatic hydroxyl groups is 1. The van der Waals surface area contributed by atoms with Gasteiger partial charge in [-0.25, -0.2) is 4.98 Å². The minimum Gasteiger partial charge on any atom is -0.497 e. The summed E-state index contributed by atoms with van der Waals surface area (Å²) < 4.78 is 24.4. The van der Waals surface area contributed by atoms with Crippen molar-refractivity contribution in [2.24, 2.45) is 0 Å². The first-order valence-corrected chi connectivity index (χ1v) is 17.4. The summed E-state index contributed by atoms with van der Waals surface area (Å²) in [5.41, 5.74) is 4.16. The van der Waals surface area contributed by atoms with Crippen LogP contribution in [-0.4, -0.2) is 61.2 Å². The Morgan fingerprint density at radius 3 is 2.06 bits per heavy atom. The molecule has 51 heavy (non-hydrogen) atoms. The van der Waals surface area contributed by atoms with Crippen LogP contribution in [0.3, 0.4) is 0 Å². The summed E-state index contributed by atoms with van der Waals surface area (Å²) >= 11 is 0. The highest BCUT2D eigenvalue weighted by molar-refractivity contribution is 5.92. The smallest absolute Gasteiger partial charge is 0.255 e. The zero-order valence-electron chi connectivity index (χ0n) is 29.3. The van der Waals surface area contributed by atoms with E-state index in [2.05, 4.69) is 41.9 Å². The lowest BCUT2D eigenvalue weighted by Gasteiger charge is -2.37. The number of aromatic amines is 1. The highest BCUT2D eigenvalue weighted by atomic mass is 16.6. The average Bonchev–Trinajstić information content (AvgIpc) is 3.55. The summed E-state index contributed by atoms with van der Waals surface area (Å²) in [6.45, 7) is 6.09. The number of anilines is 1. The number of methoxy groups -OCH3 is 2. The highest BCUT2D eigenvalue weighted by Gasteiger charge is 2.42. The van der Waals surface area contributed by atoms with Crippen LogP contribution in [0.15, 0.2) is 114 Å². The van der Waals surface area contributed by atoms with Gasteiger partial charge in [-0.3, -0.25) is 4.79 Å². The van der Waals surface area contributed by atoms with E-state index in [1.165, 1.54) is 0 Å². The van der Waals surface area contributed by atoms with Crippen molar-refractivity contribution < 1.29 is 24.1 Å². The first-order valence-electron chi connectivity index (χ1n) is 17.4. The molecular formula is C42H43N3O6. The molecule has 1 saturated heterocycles. The van der Waals surface area contributed by atoms with Crippen LogP contribution in [-0.2, 0) is 15.1 Å². The predicted molar refractivity (Wildman–Crippen MR) is 200 cm³/mol. The van der Waals surface area contributed by atoms with Gasteiger partial charge in [-0.05, 0) is 79.1 Å². The van der Waals surface area contributed by atoms with Gasteiger partial charge in [-0.1, -0.05) is 60.7 Å². The Morgan fingerprint density at radius 1 is 0.824 bits per heavy atom. The molecule has 0 aliphatic carbocycles. The number of benzene rings is 4. The van der Waals surface area contributed by atoms with E-state index in [0.29, 0.717) is 11.2 Å². The number of nitrogens with one attached hydrogen (secondary N) is 1. The third-order valence-electron chi connectivity index (χ3n) is 9.97. The Morgan fingerprint density at radius 2 is 1.45 bits per heavy atom. The van der Waals surface area contributed by atoms with Gasteiger partial charge in [0.2, 0.25) is 0 Å². The molecule has 4 aromatic carbocycles. The monoisotopic (exact) mass is 685 g/mol. The number of hydrogen-bond donors (Lipinski definition) is 2. The molecule has 0 bridgehead atoms. The number of aliphatic hydroxyl groups excluding tert-OH is 1. The van der Waals surface area contributed by atoms with Gasteiger partial charge in [0, 0.05) is 41.5 Å². The molecule has 1 aliphatic heterocycles. The normalized spacial score (nSPS) is 17.5. The van der Waals surface area contributed by atoms with E-state index in [-0.39, 0.29) is 18.6 Å². The lowest BCUT2D eigenvalue weighted by Crippen LogP contribution is -2.38. The lowest BCUT2D eigenvalue weighted by atomic mass is 9.80. The fourth-order valence-corrected chi connectivity index (χ4v) is 7.18. The molecule has 262 valence electrons. The maximum Gasteiger partial charge on any atom is 0.255 e. The minimum atomic E-state index is -1.07. The van der Waals surface area contributed by atoms with E-state index in [1.54, 1.807) is 14.2 Å². The first kappa shape index (κ1) is 34.2. The number of rotatable bonds is 12. The summed E-state index contributed by atoms with van der Waals surface area (Å²) in [6, 6.07) is 35.7. The van der Waals surface area contributed by atoms with Gasteiger partial charge < -0.3 is 33.9 Å². The Kier molecular flexibility index (Phi) is 9.77. The quantitative estimate of drug-likeness (QED) is 0.104. The molecule has 1 aliphatic rings. The van der Waals surface area contributed by atoms with Crippen LogP contribution < -0.4 is 19.9 Å². The fraction of sp³-hybridized carbons (Fsp3) is 0.286. The second-order valence-electron chi connectivity index (χ2n) is 12.8. The van der Waals surface area contributed by atoms with Gasteiger partial charge in [-0.15, -0.1) is 0 Å². The summed E-state index contributed by atoms with van der Waals surface area (Å²) in [7, 11) is 3.27. The largest absolute Gasteiger partial charge is 0.497 e. The SMILES string of the molecule is CCN(CC)c1ccc2cc3cc([C@H]4C[C@@H](O)[C@@H](COC(c5ccccc5)(c5ccc(OC)cc5)c5ccc(OC)cc5)O4)c(=O)[nH]c3nc2c1. The van der Waals surface area contributed by atoms with E-state index in [0.717, 1.165) is 63.3 Å². The molecule has 3 atom stereocenters. The lowest BCUT2D eigenvalue weighted by molar-refractivity contribution is -0.0829. The van der Waals surface area contributed by atoms with Gasteiger partial charge in [0.15, 0.2) is 0 Å². The van der Waals surface area contributed by atoms with Crippen molar-refractivity contribution >= 4 is 27.6 Å². The zero-order valence-corrected chi connectivity index (χ0v) is 29.3. The van der Waals surface area contributed by atoms with Gasteiger partial charge in [0.1, 0.15) is 28.9 Å². The molecule has 1 fully saturated rings. The second-order valence-corrected chi connectivity index (χ2v) is 12.8. The van der Waals surface area contributed by atoms with Crippen LogP contribution in [0.25, 0.3) is 21.9 Å². The van der Waals surface area contributed by atoms with Crippen LogP contribution >= 0.6 is 0 Å². The number of aromatic nitrogens is 2. The summed E-state index contributed by atoms with van der Waals surface area (Å²) in [6.07, 6.45) is -1.94. The second kappa shape index (κ2) is 14.6. The summed E-state index contributed by atoms with van der Waals surface area (Å²) in [5.74, 6) is 1.45. The Bertz CT molecular complexity index is 2120. The molecule has 2 N–H and O–H groups in total. The molecule has 0 amide bonds. The molecule has 0 unspecified atom stereocenters. The molecule has 3 heterocycles. The van der Waals surface area contributed by atoms with Crippen LogP contribution in [0.5, 0.6) is 11.5 Å². The van der Waals surface area contributed by atoms with Crippen LogP contribution in [0.2, 0.25) is 0 Å². The van der Waals surface area contributed by atoms with E-state index in [4.69, 9.17) is 23.9 Å². The highest BCUT2D eigenvalue weighted by Crippen LogP contribution is 2.43. The van der Waals surface area contributed by atoms with Gasteiger partial charge >= 0.3 is 0 Å². The third-order valence-corrected chi connectivity index (χ3v) is 9.97. The molecule has 9 heteroatoms. The average molecular weight is 686 g/mol. The minimum absolute atomic E-state index is 0.0527. The molecule has 6 aromatic rings. The van der Waals surface area contributed by atoms with Crippen molar-refractivity contribution in [3.05, 3.63) is 142 Å². The van der Waals surface area contributed by atoms with Crippen LogP contribution in [0, 0.1) is 0 Å². The van der Waals surface area contributed by atoms with Crippen LogP contribution in [0.4, 0.5) is 5.69 Å². The summed E-state index contributed by atoms with van der Waals surface area (Å²) in [4.78, 5) is 23.5. The Balaban J connectivity index is 1.20. The topological polar surface area (TPSA) is 106 Å². The van der Waals surface area contributed by atoms with E-state index in [9.17, 15) is 9.90 Å². The number of H-pyrrole nitrogens is 1. The fourth-order valence-electron chi connectivity index (χ4n) is 7.18. The van der Waals surface area contributed by atoms with Gasteiger partial charge in [0.05, 0.1) is 38.6 Å². The molecule has 2 aromatic heterocycles. The van der Waals surface area contributed by atoms with E-state index >= 15 is 0 Å². The molecule has 0 radical (unpaired) electrons. The predicted octanol–water partition coefficient (Wildman–Crippen LogP) is 7.14. The summed E-state index contributed by atoms with van der Waals surface area (Å²) in [5, 5.41) is 13.1. The first-order chi connectivity index (χ1) is 24.9. The zero-order chi connectivity index (χ0) is 35.5. The van der Waals surface area contributed by atoms with Gasteiger partial charge in [-0.2, -0.15) is 0 Å². The number of ether oxygens (including phenoxy) is 4. The van der Waals surface area contributed by atoms with Crippen molar-refractivity contribution in [3.8, 4) is 11.5 Å². The molecule has 9 nitrogen and oxygen atoms in total. The van der Waals surface area contributed by atoms with Gasteiger partial charge in [0.25, 0.3) is 5.56 Å². The molecule has 0 spiro atoms. The van der Waals surface area contributed by atoms with Crippen molar-refractivity contribution in [1.29, 1.82) is 0 Å². The van der Waals surface area contributed by atoms with E-state index < -0.39 is 23.9 Å². The number of pyridine rings is 2. The van der Waals surface area contributed by atoms with Crippen molar-refractivity contribution in [2.75, 3.05) is 38.8 Å². The maximum absolute atomic E-state index is 13.5. The molecular weight excluding hydrogens is 642 g/mol. The Labute approximate surface area is 297 Å². The van der Waals surface area contributed by atoms with Crippen molar-refractivity contribution in [1.82, 2.24) is 9.97 Å². The standard InChI is InChI=1S/C42H43N3O6/c1-5-45(6-2)32-17-12-27-22-28-23-35(41(47)44-40(28)43-36(27)24-32)38-25-37(46)39(51-38)26-50-42(29-10-8-7-9-11-29,30-13-18-33(48-3)19-14-30)31-15-20-34(49-4)21-16-31/h7-24,37-39,46H,5-6,25-26H2,1-4H3,(H,43,44,47)/t37-,38-,39-/m1/s1. The van der Waals surface area contributed by atoms with Crippen molar-refractivity contribution in [2.45, 2.75) is 44.2 Å². The third kappa shape index (κ3) is 6.56. The Hall–Kier alpha value is -5.22. The molecule has 0 saturated carbocycles. The maximum atomic E-state index is 13.5.